The fourth-order valence-corrected chi connectivity index (χ4v) is 4.59. The van der Waals surface area contributed by atoms with Gasteiger partial charge in [0, 0.05) is 12.7 Å². The number of urea groups is 1. The van der Waals surface area contributed by atoms with E-state index in [1.807, 2.05) is 0 Å². The van der Waals surface area contributed by atoms with E-state index in [4.69, 9.17) is 34.2 Å². The number of benzene rings is 2. The molecule has 2 aromatic rings. The van der Waals surface area contributed by atoms with Gasteiger partial charge in [-0.15, -0.1) is 0 Å². The van der Waals surface area contributed by atoms with Gasteiger partial charge in [0.05, 0.1) is 19.8 Å². The summed E-state index contributed by atoms with van der Waals surface area (Å²) in [6.07, 6.45) is -7.46. The van der Waals surface area contributed by atoms with Crippen LogP contribution < -0.4 is 30.2 Å². The predicted molar refractivity (Wildman–Crippen MR) is 175 cm³/mol. The smallest absolute Gasteiger partial charge is 0.465 e. The zero-order chi connectivity index (χ0) is 37.3. The van der Waals surface area contributed by atoms with Crippen LogP contribution in [0.5, 0.6) is 17.2 Å². The second-order valence-electron chi connectivity index (χ2n) is 12.5. The van der Waals surface area contributed by atoms with Crippen molar-refractivity contribution in [1.29, 1.82) is 0 Å². The van der Waals surface area contributed by atoms with Crippen molar-refractivity contribution in [2.45, 2.75) is 53.2 Å². The minimum atomic E-state index is -2.57. The molecule has 0 spiro atoms. The molecule has 3 rings (SSSR count). The number of nitrogens with two attached hydrogens (primary N) is 1. The molecule has 4 N–H and O–H groups in total. The Hall–Kier alpha value is -5.58. The third kappa shape index (κ3) is 9.31. The summed E-state index contributed by atoms with van der Waals surface area (Å²) in [5.74, 6) is -3.57. The molecule has 0 aliphatic carbocycles. The average molecular weight is 703 g/mol. The van der Waals surface area contributed by atoms with Crippen LogP contribution in [0.4, 0.5) is 29.7 Å². The van der Waals surface area contributed by atoms with E-state index in [0.29, 0.717) is 4.90 Å². The van der Waals surface area contributed by atoms with Crippen LogP contribution in [-0.4, -0.2) is 79.5 Å². The Bertz CT molecular complexity index is 1530. The Labute approximate surface area is 288 Å². The van der Waals surface area contributed by atoms with Crippen LogP contribution in [0.3, 0.4) is 0 Å². The molecule has 17 nitrogen and oxygen atoms in total. The van der Waals surface area contributed by atoms with Crippen molar-refractivity contribution < 1.29 is 62.3 Å². The quantitative estimate of drug-likeness (QED) is 0.150. The first kappa shape index (κ1) is 38.9. The SMILES string of the molecule is CC(C)COC(=O)Oc1cc(C2(NC(=O)O)C(=O)N(C)C(=O)N(c3ccccc3)C2N)cc(OC(=O)OCC(C)C)c1OC(=O)OCC(C)C. The molecule has 17 heteroatoms. The minimum absolute atomic E-state index is 0.0825. The number of hydrogen-bond acceptors (Lipinski definition) is 13. The maximum absolute atomic E-state index is 14.1. The number of hydrogen-bond donors (Lipinski definition) is 3. The fraction of sp³-hybridized carbons (Fsp3) is 0.455. The molecule has 272 valence electrons. The predicted octanol–water partition coefficient (Wildman–Crippen LogP) is 5.05. The van der Waals surface area contributed by atoms with Crippen molar-refractivity contribution in [1.82, 2.24) is 10.2 Å². The van der Waals surface area contributed by atoms with E-state index in [9.17, 15) is 33.9 Å². The highest BCUT2D eigenvalue weighted by Gasteiger charge is 2.58. The molecule has 1 saturated heterocycles. The molecule has 4 amide bonds. The van der Waals surface area contributed by atoms with E-state index < -0.39 is 71.0 Å². The third-order valence-corrected chi connectivity index (χ3v) is 6.85. The third-order valence-electron chi connectivity index (χ3n) is 6.85. The zero-order valence-electron chi connectivity index (χ0n) is 28.8. The van der Waals surface area contributed by atoms with Crippen LogP contribution in [0.25, 0.3) is 0 Å². The van der Waals surface area contributed by atoms with Gasteiger partial charge < -0.3 is 44.6 Å². The number of carboxylic acid groups (broad SMARTS) is 1. The van der Waals surface area contributed by atoms with Crippen LogP contribution in [0, 0.1) is 17.8 Å². The number of likely N-dealkylation sites (N-methyl/N-ethyl adjacent to an activating group) is 1. The lowest BCUT2D eigenvalue weighted by molar-refractivity contribution is -0.137. The standard InChI is InChI=1S/C33H42N4O13/c1-18(2)15-45-30(42)48-23-13-21(14-24(49-31(43)46-16-19(3)4)25(23)50-32(44)47-17-20(5)6)33(35-28(39)40)26(34)37(22-11-9-8-10-12-22)29(41)36(7)27(33)38/h8-14,18-20,26,35H,15-17,34H2,1-7H3,(H,39,40). The molecule has 1 aliphatic rings. The molecule has 2 aromatic carbocycles. The second-order valence-corrected chi connectivity index (χ2v) is 12.5. The van der Waals surface area contributed by atoms with Gasteiger partial charge in [0.25, 0.3) is 5.91 Å². The molecule has 2 atom stereocenters. The normalized spacial score (nSPS) is 17.5. The molecular formula is C33H42N4O13. The lowest BCUT2D eigenvalue weighted by atomic mass is 9.82. The summed E-state index contributed by atoms with van der Waals surface area (Å²) in [5, 5.41) is 12.2. The number of imide groups is 1. The Morgan fingerprint density at radius 1 is 0.800 bits per heavy atom. The Morgan fingerprint density at radius 3 is 1.66 bits per heavy atom. The molecule has 0 radical (unpaired) electrons. The monoisotopic (exact) mass is 702 g/mol. The van der Waals surface area contributed by atoms with Crippen LogP contribution in [-0.2, 0) is 24.5 Å². The first-order chi connectivity index (χ1) is 23.5. The number of ether oxygens (including phenoxy) is 6. The number of amides is 4. The molecule has 0 saturated carbocycles. The first-order valence-corrected chi connectivity index (χ1v) is 15.6. The number of para-hydroxylation sites is 1. The Morgan fingerprint density at radius 2 is 1.24 bits per heavy atom. The van der Waals surface area contributed by atoms with E-state index in [-0.39, 0.29) is 43.3 Å². The Balaban J connectivity index is 2.35. The van der Waals surface area contributed by atoms with Gasteiger partial charge in [-0.2, -0.15) is 0 Å². The highest BCUT2D eigenvalue weighted by Crippen LogP contribution is 2.45. The Kier molecular flexibility index (Phi) is 13.0. The molecule has 1 aliphatic heterocycles. The summed E-state index contributed by atoms with van der Waals surface area (Å²) < 4.78 is 31.5. The van der Waals surface area contributed by atoms with Gasteiger partial charge in [-0.25, -0.2) is 24.0 Å². The van der Waals surface area contributed by atoms with E-state index in [1.54, 1.807) is 59.7 Å². The van der Waals surface area contributed by atoms with Crippen LogP contribution in [0.2, 0.25) is 0 Å². The number of anilines is 1. The lowest BCUT2D eigenvalue weighted by Gasteiger charge is -2.49. The maximum Gasteiger partial charge on any atom is 0.514 e. The topological polar surface area (TPSA) is 223 Å². The van der Waals surface area contributed by atoms with Crippen LogP contribution >= 0.6 is 0 Å². The van der Waals surface area contributed by atoms with Crippen molar-refractivity contribution in [3.05, 3.63) is 48.0 Å². The van der Waals surface area contributed by atoms with Crippen molar-refractivity contribution in [3.63, 3.8) is 0 Å². The maximum atomic E-state index is 14.1. The van der Waals surface area contributed by atoms with Crippen molar-refractivity contribution >= 4 is 42.2 Å². The van der Waals surface area contributed by atoms with E-state index >= 15 is 0 Å². The molecule has 50 heavy (non-hydrogen) atoms. The minimum Gasteiger partial charge on any atom is -0.465 e. The second kappa shape index (κ2) is 16.7. The zero-order valence-corrected chi connectivity index (χ0v) is 28.8. The van der Waals surface area contributed by atoms with Gasteiger partial charge >= 0.3 is 30.6 Å². The lowest BCUT2D eigenvalue weighted by Crippen LogP contribution is -2.76. The van der Waals surface area contributed by atoms with Gasteiger partial charge in [-0.05, 0) is 47.6 Å². The molecule has 0 bridgehead atoms. The summed E-state index contributed by atoms with van der Waals surface area (Å²) >= 11 is 0. The number of carbonyl (C=O) groups excluding carboxylic acids is 5. The molecule has 0 aromatic heterocycles. The van der Waals surface area contributed by atoms with Crippen molar-refractivity contribution in [3.8, 4) is 17.2 Å². The summed E-state index contributed by atoms with van der Waals surface area (Å²) in [7, 11) is 1.11. The molecular weight excluding hydrogens is 660 g/mol. The summed E-state index contributed by atoms with van der Waals surface area (Å²) in [6.45, 7) is 10.3. The average Bonchev–Trinajstić information content (AvgIpc) is 3.04. The summed E-state index contributed by atoms with van der Waals surface area (Å²) in [5.41, 5.74) is 3.85. The highest BCUT2D eigenvalue weighted by molar-refractivity contribution is 6.11. The van der Waals surface area contributed by atoms with E-state index in [0.717, 1.165) is 24.1 Å². The highest BCUT2D eigenvalue weighted by atomic mass is 16.8. The van der Waals surface area contributed by atoms with Crippen LogP contribution in [0.15, 0.2) is 42.5 Å². The fourth-order valence-electron chi connectivity index (χ4n) is 4.59. The molecule has 2 unspecified atom stereocenters. The molecule has 1 fully saturated rings. The first-order valence-electron chi connectivity index (χ1n) is 15.6. The summed E-state index contributed by atoms with van der Waals surface area (Å²) in [6, 6.07) is 8.86. The largest absolute Gasteiger partial charge is 0.514 e. The van der Waals surface area contributed by atoms with Gasteiger partial charge in [0.1, 0.15) is 6.17 Å². The van der Waals surface area contributed by atoms with Crippen LogP contribution in [0.1, 0.15) is 47.1 Å². The van der Waals surface area contributed by atoms with Gasteiger partial charge in [-0.1, -0.05) is 59.7 Å². The van der Waals surface area contributed by atoms with Gasteiger partial charge in [0.2, 0.25) is 5.75 Å². The summed E-state index contributed by atoms with van der Waals surface area (Å²) in [4.78, 5) is 80.1. The van der Waals surface area contributed by atoms with Gasteiger partial charge in [-0.3, -0.25) is 14.6 Å². The number of rotatable bonds is 12. The van der Waals surface area contributed by atoms with E-state index in [2.05, 4.69) is 5.32 Å². The van der Waals surface area contributed by atoms with Gasteiger partial charge in [0.15, 0.2) is 17.0 Å². The molecule has 1 heterocycles. The number of carbonyl (C=O) groups is 6. The number of nitrogens with zero attached hydrogens (tertiary/aromatic N) is 2. The number of nitrogens with one attached hydrogen (secondary N) is 1. The van der Waals surface area contributed by atoms with Crippen molar-refractivity contribution in [2.24, 2.45) is 23.5 Å². The van der Waals surface area contributed by atoms with E-state index in [1.165, 1.54) is 12.1 Å². The van der Waals surface area contributed by atoms with Crippen molar-refractivity contribution in [2.75, 3.05) is 31.8 Å².